The molecule has 0 bridgehead atoms. The molecule has 1 aromatic carbocycles. The van der Waals surface area contributed by atoms with E-state index in [1.165, 1.54) is 11.1 Å². The molecule has 0 spiro atoms. The largest absolute Gasteiger partial charge is 0.369 e. The Bertz CT molecular complexity index is 617. The molecule has 0 unspecified atom stereocenters. The van der Waals surface area contributed by atoms with Crippen molar-refractivity contribution in [2.45, 2.75) is 44.6 Å². The van der Waals surface area contributed by atoms with Gasteiger partial charge in [-0.1, -0.05) is 24.3 Å². The van der Waals surface area contributed by atoms with Gasteiger partial charge in [0.05, 0.1) is 6.54 Å². The Kier molecular flexibility index (Phi) is 4.90. The number of hydrogen-bond donors (Lipinski definition) is 2. The summed E-state index contributed by atoms with van der Waals surface area (Å²) in [7, 11) is 0. The van der Waals surface area contributed by atoms with Crippen molar-refractivity contribution in [2.24, 2.45) is 11.7 Å². The van der Waals surface area contributed by atoms with Crippen molar-refractivity contribution in [1.82, 2.24) is 10.2 Å². The van der Waals surface area contributed by atoms with Gasteiger partial charge in [0.1, 0.15) is 0 Å². The molecular weight excluding hydrogens is 302 g/mol. The summed E-state index contributed by atoms with van der Waals surface area (Å²) in [6.45, 7) is 3.96. The zero-order valence-electron chi connectivity index (χ0n) is 14.4. The molecule has 3 rings (SSSR count). The number of piperidine rings is 1. The van der Waals surface area contributed by atoms with Crippen LogP contribution in [0.5, 0.6) is 0 Å². The molecule has 1 saturated heterocycles. The lowest BCUT2D eigenvalue weighted by atomic mass is 9.94. The first-order chi connectivity index (χ1) is 11.5. The molecule has 1 aromatic rings. The van der Waals surface area contributed by atoms with Crippen molar-refractivity contribution in [3.63, 3.8) is 0 Å². The number of aryl methyl sites for hydroxylation is 1. The molecule has 2 fully saturated rings. The van der Waals surface area contributed by atoms with Crippen LogP contribution < -0.4 is 11.1 Å². The molecule has 2 amide bonds. The highest BCUT2D eigenvalue weighted by molar-refractivity contribution is 5.80. The minimum Gasteiger partial charge on any atom is -0.369 e. The topological polar surface area (TPSA) is 75.4 Å². The number of nitrogens with two attached hydrogens (primary N) is 1. The van der Waals surface area contributed by atoms with E-state index in [1.807, 2.05) is 4.90 Å². The third kappa shape index (κ3) is 4.15. The summed E-state index contributed by atoms with van der Waals surface area (Å²) < 4.78 is 0. The number of rotatable bonds is 6. The molecule has 1 heterocycles. The first-order valence-corrected chi connectivity index (χ1v) is 8.85. The summed E-state index contributed by atoms with van der Waals surface area (Å²) in [4.78, 5) is 25.7. The zero-order chi connectivity index (χ0) is 17.2. The standard InChI is InChI=1S/C19H27N3O2/c1-14-4-2-3-5-16(14)12-19(8-9-19)21-18(24)15-6-10-22(11-7-15)13-17(20)23/h2-5,15H,6-13H2,1H3,(H2,20,23)(H,21,24). The van der Waals surface area contributed by atoms with Crippen LogP contribution in [-0.2, 0) is 16.0 Å². The van der Waals surface area contributed by atoms with Crippen molar-refractivity contribution in [2.75, 3.05) is 19.6 Å². The van der Waals surface area contributed by atoms with Gasteiger partial charge >= 0.3 is 0 Å². The first kappa shape index (κ1) is 17.0. The van der Waals surface area contributed by atoms with Gasteiger partial charge in [-0.2, -0.15) is 0 Å². The Balaban J connectivity index is 1.52. The third-order valence-corrected chi connectivity index (χ3v) is 5.37. The van der Waals surface area contributed by atoms with Crippen molar-refractivity contribution < 1.29 is 9.59 Å². The lowest BCUT2D eigenvalue weighted by molar-refractivity contribution is -0.127. The van der Waals surface area contributed by atoms with E-state index in [1.54, 1.807) is 0 Å². The lowest BCUT2D eigenvalue weighted by Crippen LogP contribution is -2.47. The molecular formula is C19H27N3O2. The highest BCUT2D eigenvalue weighted by Gasteiger charge is 2.45. The minimum absolute atomic E-state index is 0.0342. The van der Waals surface area contributed by atoms with E-state index in [-0.39, 0.29) is 23.3 Å². The quantitative estimate of drug-likeness (QED) is 0.828. The monoisotopic (exact) mass is 329 g/mol. The Hall–Kier alpha value is -1.88. The molecule has 5 heteroatoms. The van der Waals surface area contributed by atoms with Crippen LogP contribution in [0, 0.1) is 12.8 Å². The predicted molar refractivity (Wildman–Crippen MR) is 93.3 cm³/mol. The maximum Gasteiger partial charge on any atom is 0.231 e. The van der Waals surface area contributed by atoms with Gasteiger partial charge in [-0.05, 0) is 63.2 Å². The highest BCUT2D eigenvalue weighted by atomic mass is 16.2. The van der Waals surface area contributed by atoms with E-state index in [2.05, 4.69) is 36.5 Å². The summed E-state index contributed by atoms with van der Waals surface area (Å²) >= 11 is 0. The second kappa shape index (κ2) is 6.93. The Labute approximate surface area is 143 Å². The fourth-order valence-corrected chi connectivity index (χ4v) is 3.61. The summed E-state index contributed by atoms with van der Waals surface area (Å²) in [6, 6.07) is 8.40. The van der Waals surface area contributed by atoms with Gasteiger partial charge in [-0.25, -0.2) is 0 Å². The van der Waals surface area contributed by atoms with Gasteiger partial charge in [0.2, 0.25) is 11.8 Å². The van der Waals surface area contributed by atoms with Crippen LogP contribution in [0.4, 0.5) is 0 Å². The number of amides is 2. The number of nitrogens with one attached hydrogen (secondary N) is 1. The number of carbonyl (C=O) groups excluding carboxylic acids is 2. The van der Waals surface area contributed by atoms with Crippen molar-refractivity contribution in [3.05, 3.63) is 35.4 Å². The fourth-order valence-electron chi connectivity index (χ4n) is 3.61. The molecule has 1 saturated carbocycles. The van der Waals surface area contributed by atoms with E-state index in [0.29, 0.717) is 6.54 Å². The normalized spacial score (nSPS) is 20.5. The molecule has 0 atom stereocenters. The Morgan fingerprint density at radius 1 is 1.25 bits per heavy atom. The highest BCUT2D eigenvalue weighted by Crippen LogP contribution is 2.39. The summed E-state index contributed by atoms with van der Waals surface area (Å²) in [6.07, 6.45) is 4.66. The Morgan fingerprint density at radius 3 is 2.50 bits per heavy atom. The smallest absolute Gasteiger partial charge is 0.231 e. The molecule has 1 aliphatic heterocycles. The van der Waals surface area contributed by atoms with Crippen LogP contribution >= 0.6 is 0 Å². The van der Waals surface area contributed by atoms with Crippen molar-refractivity contribution >= 4 is 11.8 Å². The maximum absolute atomic E-state index is 12.6. The van der Waals surface area contributed by atoms with Gasteiger partial charge in [-0.15, -0.1) is 0 Å². The van der Waals surface area contributed by atoms with E-state index in [0.717, 1.165) is 45.2 Å². The fraction of sp³-hybridized carbons (Fsp3) is 0.579. The SMILES string of the molecule is Cc1ccccc1CC1(NC(=O)C2CCN(CC(N)=O)CC2)CC1. The van der Waals surface area contributed by atoms with E-state index < -0.39 is 0 Å². The molecule has 3 N–H and O–H groups in total. The van der Waals surface area contributed by atoms with Crippen LogP contribution in [0.15, 0.2) is 24.3 Å². The summed E-state index contributed by atoms with van der Waals surface area (Å²) in [5.41, 5.74) is 7.82. The van der Waals surface area contributed by atoms with E-state index >= 15 is 0 Å². The van der Waals surface area contributed by atoms with Gasteiger partial charge in [0.15, 0.2) is 0 Å². The second-order valence-electron chi connectivity index (χ2n) is 7.39. The first-order valence-electron chi connectivity index (χ1n) is 8.85. The van der Waals surface area contributed by atoms with Crippen LogP contribution in [0.2, 0.25) is 0 Å². The Morgan fingerprint density at radius 2 is 1.92 bits per heavy atom. The second-order valence-corrected chi connectivity index (χ2v) is 7.39. The molecule has 0 aromatic heterocycles. The number of likely N-dealkylation sites (tertiary alicyclic amines) is 1. The average molecular weight is 329 g/mol. The van der Waals surface area contributed by atoms with Crippen LogP contribution in [-0.4, -0.2) is 41.9 Å². The third-order valence-electron chi connectivity index (χ3n) is 5.37. The van der Waals surface area contributed by atoms with Crippen LogP contribution in [0.1, 0.15) is 36.8 Å². The number of benzene rings is 1. The molecule has 1 aliphatic carbocycles. The number of hydrogen-bond acceptors (Lipinski definition) is 3. The molecule has 0 radical (unpaired) electrons. The van der Waals surface area contributed by atoms with E-state index in [4.69, 9.17) is 5.73 Å². The van der Waals surface area contributed by atoms with E-state index in [9.17, 15) is 9.59 Å². The minimum atomic E-state index is -0.298. The number of carbonyl (C=O) groups is 2. The van der Waals surface area contributed by atoms with Gasteiger partial charge < -0.3 is 11.1 Å². The van der Waals surface area contributed by atoms with Crippen LogP contribution in [0.25, 0.3) is 0 Å². The van der Waals surface area contributed by atoms with Crippen LogP contribution in [0.3, 0.4) is 0 Å². The number of nitrogens with zero attached hydrogens (tertiary/aromatic N) is 1. The van der Waals surface area contributed by atoms with Crippen molar-refractivity contribution in [3.8, 4) is 0 Å². The molecule has 2 aliphatic rings. The lowest BCUT2D eigenvalue weighted by Gasteiger charge is -2.31. The van der Waals surface area contributed by atoms with Gasteiger partial charge in [-0.3, -0.25) is 14.5 Å². The molecule has 5 nitrogen and oxygen atoms in total. The van der Waals surface area contributed by atoms with Gasteiger partial charge in [0, 0.05) is 11.5 Å². The zero-order valence-corrected chi connectivity index (χ0v) is 14.4. The summed E-state index contributed by atoms with van der Waals surface area (Å²) in [5.74, 6) is -0.0589. The average Bonchev–Trinajstić information content (AvgIpc) is 3.29. The summed E-state index contributed by atoms with van der Waals surface area (Å²) in [5, 5.41) is 3.32. The van der Waals surface area contributed by atoms with Crippen molar-refractivity contribution in [1.29, 1.82) is 0 Å². The van der Waals surface area contributed by atoms with Gasteiger partial charge in [0.25, 0.3) is 0 Å². The molecule has 24 heavy (non-hydrogen) atoms. The number of primary amides is 1. The predicted octanol–water partition coefficient (Wildman–Crippen LogP) is 1.38. The maximum atomic E-state index is 12.6. The molecule has 130 valence electrons.